The summed E-state index contributed by atoms with van der Waals surface area (Å²) in [4.78, 5) is 15.6. The van der Waals surface area contributed by atoms with Crippen molar-refractivity contribution in [2.75, 3.05) is 38.2 Å². The highest BCUT2D eigenvalue weighted by Gasteiger charge is 2.24. The number of carbonyl (C=O) groups excluding carboxylic acids is 1. The number of nitrogens with zero attached hydrogens (tertiary/aromatic N) is 2. The van der Waals surface area contributed by atoms with E-state index in [1.165, 1.54) is 4.88 Å². The molecule has 1 saturated heterocycles. The van der Waals surface area contributed by atoms with Crippen LogP contribution in [-0.4, -0.2) is 48.9 Å². The molecule has 2 aromatic rings. The van der Waals surface area contributed by atoms with E-state index in [2.05, 4.69) is 32.1 Å². The Morgan fingerprint density at radius 3 is 2.96 bits per heavy atom. The fourth-order valence-corrected chi connectivity index (χ4v) is 3.42. The number of morpholine rings is 1. The number of carbonyl (C=O) groups is 1. The molecule has 0 spiro atoms. The van der Waals surface area contributed by atoms with Gasteiger partial charge in [0.25, 0.3) is 0 Å². The van der Waals surface area contributed by atoms with Crippen LogP contribution in [0.15, 0.2) is 28.1 Å². The molecular formula is C15H20N4O3S. The molecule has 0 aliphatic carbocycles. The first-order chi connectivity index (χ1) is 11.2. The number of nitrogens with one attached hydrogen (secondary N) is 2. The molecular weight excluding hydrogens is 316 g/mol. The van der Waals surface area contributed by atoms with Crippen molar-refractivity contribution in [1.29, 1.82) is 0 Å². The summed E-state index contributed by atoms with van der Waals surface area (Å²) < 4.78 is 10.3. The van der Waals surface area contributed by atoms with Crippen LogP contribution in [0.4, 0.5) is 10.6 Å². The van der Waals surface area contributed by atoms with Crippen molar-refractivity contribution in [3.63, 3.8) is 0 Å². The lowest BCUT2D eigenvalue weighted by molar-refractivity contribution is 0.0175. The molecule has 0 aromatic carbocycles. The van der Waals surface area contributed by atoms with Crippen LogP contribution in [0.5, 0.6) is 0 Å². The summed E-state index contributed by atoms with van der Waals surface area (Å²) in [6.07, 6.45) is 0. The molecule has 3 rings (SSSR count). The summed E-state index contributed by atoms with van der Waals surface area (Å²) in [5.74, 6) is 1.07. The largest absolute Gasteiger partial charge is 0.379 e. The van der Waals surface area contributed by atoms with Crippen LogP contribution >= 0.6 is 11.3 Å². The fraction of sp³-hybridized carbons (Fsp3) is 0.467. The summed E-state index contributed by atoms with van der Waals surface area (Å²) >= 11 is 1.70. The minimum absolute atomic E-state index is 0.156. The monoisotopic (exact) mass is 336 g/mol. The zero-order valence-electron chi connectivity index (χ0n) is 12.9. The van der Waals surface area contributed by atoms with Crippen molar-refractivity contribution in [3.8, 4) is 0 Å². The smallest absolute Gasteiger partial charge is 0.320 e. The maximum Gasteiger partial charge on any atom is 0.320 e. The van der Waals surface area contributed by atoms with Gasteiger partial charge < -0.3 is 14.6 Å². The van der Waals surface area contributed by atoms with E-state index < -0.39 is 0 Å². The van der Waals surface area contributed by atoms with Gasteiger partial charge >= 0.3 is 6.03 Å². The average molecular weight is 336 g/mol. The number of thiophene rings is 1. The second-order valence-corrected chi connectivity index (χ2v) is 6.32. The van der Waals surface area contributed by atoms with Crippen LogP contribution in [0.3, 0.4) is 0 Å². The molecule has 124 valence electrons. The van der Waals surface area contributed by atoms with Crippen molar-refractivity contribution < 1.29 is 14.1 Å². The minimum atomic E-state index is -0.284. The summed E-state index contributed by atoms with van der Waals surface area (Å²) in [6.45, 7) is 5.51. The molecule has 0 bridgehead atoms. The number of amides is 2. The molecule has 1 atom stereocenters. The third-order valence-electron chi connectivity index (χ3n) is 3.68. The van der Waals surface area contributed by atoms with Gasteiger partial charge in [-0.05, 0) is 18.4 Å². The predicted molar refractivity (Wildman–Crippen MR) is 87.7 cm³/mol. The van der Waals surface area contributed by atoms with Gasteiger partial charge in [-0.3, -0.25) is 10.2 Å². The van der Waals surface area contributed by atoms with E-state index in [-0.39, 0.29) is 12.1 Å². The zero-order valence-corrected chi connectivity index (χ0v) is 13.8. The molecule has 2 aromatic heterocycles. The van der Waals surface area contributed by atoms with E-state index in [4.69, 9.17) is 9.26 Å². The lowest BCUT2D eigenvalue weighted by atomic mass is 10.2. The molecule has 1 unspecified atom stereocenters. The number of rotatable bonds is 5. The van der Waals surface area contributed by atoms with Crippen molar-refractivity contribution in [2.24, 2.45) is 0 Å². The Labute approximate surface area is 138 Å². The van der Waals surface area contributed by atoms with Gasteiger partial charge in [0.2, 0.25) is 0 Å². The van der Waals surface area contributed by atoms with Gasteiger partial charge in [-0.25, -0.2) is 4.79 Å². The van der Waals surface area contributed by atoms with Gasteiger partial charge in [0.05, 0.1) is 19.3 Å². The third-order valence-corrected chi connectivity index (χ3v) is 4.66. The summed E-state index contributed by atoms with van der Waals surface area (Å²) in [5, 5.41) is 11.4. The number of aryl methyl sites for hydroxylation is 1. The number of hydrogen-bond acceptors (Lipinski definition) is 6. The highest BCUT2D eigenvalue weighted by Crippen LogP contribution is 2.25. The van der Waals surface area contributed by atoms with E-state index in [1.54, 1.807) is 24.3 Å². The standard InChI is InChI=1S/C15H20N4O3S/c1-11-9-14(18-22-11)17-15(20)16-10-12(13-3-2-8-23-13)19-4-6-21-7-5-19/h2-3,8-9,12H,4-7,10H2,1H3,(H2,16,17,18,20). The van der Waals surface area contributed by atoms with Crippen LogP contribution in [0.25, 0.3) is 0 Å². The van der Waals surface area contributed by atoms with Gasteiger partial charge in [0, 0.05) is 30.6 Å². The molecule has 0 radical (unpaired) electrons. The van der Waals surface area contributed by atoms with E-state index in [0.717, 1.165) is 26.3 Å². The van der Waals surface area contributed by atoms with Gasteiger partial charge in [0.1, 0.15) is 5.76 Å². The van der Waals surface area contributed by atoms with Crippen molar-refractivity contribution in [1.82, 2.24) is 15.4 Å². The molecule has 0 saturated carbocycles. The molecule has 1 aliphatic rings. The number of hydrogen-bond donors (Lipinski definition) is 2. The Morgan fingerprint density at radius 1 is 1.48 bits per heavy atom. The van der Waals surface area contributed by atoms with E-state index in [1.807, 2.05) is 6.07 Å². The predicted octanol–water partition coefficient (Wildman–Crippen LogP) is 2.24. The van der Waals surface area contributed by atoms with E-state index in [9.17, 15) is 4.79 Å². The summed E-state index contributed by atoms with van der Waals surface area (Å²) in [6, 6.07) is 5.69. The molecule has 23 heavy (non-hydrogen) atoms. The van der Waals surface area contributed by atoms with Gasteiger partial charge in [0.15, 0.2) is 5.82 Å². The first-order valence-electron chi connectivity index (χ1n) is 7.56. The van der Waals surface area contributed by atoms with Gasteiger partial charge in [-0.2, -0.15) is 0 Å². The summed E-state index contributed by atoms with van der Waals surface area (Å²) in [5.41, 5.74) is 0. The molecule has 2 N–H and O–H groups in total. The van der Waals surface area contributed by atoms with Crippen molar-refractivity contribution in [2.45, 2.75) is 13.0 Å². The van der Waals surface area contributed by atoms with Crippen molar-refractivity contribution in [3.05, 3.63) is 34.2 Å². The lowest BCUT2D eigenvalue weighted by Crippen LogP contribution is -2.44. The SMILES string of the molecule is Cc1cc(NC(=O)NCC(c2cccs2)N2CCOCC2)no1. The second kappa shape index (κ2) is 7.58. The van der Waals surface area contributed by atoms with Gasteiger partial charge in [-0.15, -0.1) is 11.3 Å². The normalized spacial score (nSPS) is 16.9. The number of aromatic nitrogens is 1. The minimum Gasteiger partial charge on any atom is -0.379 e. The summed E-state index contributed by atoms with van der Waals surface area (Å²) in [7, 11) is 0. The van der Waals surface area contributed by atoms with Gasteiger partial charge in [-0.1, -0.05) is 11.2 Å². The number of ether oxygens (including phenoxy) is 1. The maximum atomic E-state index is 12.0. The first-order valence-corrected chi connectivity index (χ1v) is 8.44. The quantitative estimate of drug-likeness (QED) is 0.875. The molecule has 8 heteroatoms. The molecule has 2 amide bonds. The van der Waals surface area contributed by atoms with E-state index >= 15 is 0 Å². The zero-order chi connectivity index (χ0) is 16.1. The highest BCUT2D eigenvalue weighted by molar-refractivity contribution is 7.10. The highest BCUT2D eigenvalue weighted by atomic mass is 32.1. The maximum absolute atomic E-state index is 12.0. The Morgan fingerprint density at radius 2 is 2.30 bits per heavy atom. The third kappa shape index (κ3) is 4.31. The topological polar surface area (TPSA) is 79.6 Å². The van der Waals surface area contributed by atoms with Crippen LogP contribution < -0.4 is 10.6 Å². The van der Waals surface area contributed by atoms with E-state index in [0.29, 0.717) is 18.1 Å². The van der Waals surface area contributed by atoms with Crippen LogP contribution in [0.2, 0.25) is 0 Å². The second-order valence-electron chi connectivity index (χ2n) is 5.34. The Kier molecular flexibility index (Phi) is 5.27. The number of anilines is 1. The van der Waals surface area contributed by atoms with Crippen LogP contribution in [0, 0.1) is 6.92 Å². The number of urea groups is 1. The average Bonchev–Trinajstić information content (AvgIpc) is 3.21. The van der Waals surface area contributed by atoms with Crippen LogP contribution in [-0.2, 0) is 4.74 Å². The Balaban J connectivity index is 1.58. The molecule has 3 heterocycles. The Hall–Kier alpha value is -1.90. The first kappa shape index (κ1) is 16.0. The van der Waals surface area contributed by atoms with Crippen molar-refractivity contribution >= 4 is 23.2 Å². The molecule has 1 aliphatic heterocycles. The fourth-order valence-electron chi connectivity index (χ4n) is 2.55. The molecule has 7 nitrogen and oxygen atoms in total. The Bertz CT molecular complexity index is 622. The molecule has 1 fully saturated rings. The van der Waals surface area contributed by atoms with Crippen LogP contribution in [0.1, 0.15) is 16.7 Å². The lowest BCUT2D eigenvalue weighted by Gasteiger charge is -2.34.